The van der Waals surface area contributed by atoms with E-state index in [2.05, 4.69) is 10.3 Å². The van der Waals surface area contributed by atoms with Crippen LogP contribution in [0.25, 0.3) is 0 Å². The summed E-state index contributed by atoms with van der Waals surface area (Å²) in [5, 5.41) is 3.25. The molecule has 1 aromatic carbocycles. The zero-order valence-electron chi connectivity index (χ0n) is 10.5. The topological polar surface area (TPSA) is 58.4 Å². The second-order valence-corrected chi connectivity index (χ2v) is 4.52. The summed E-state index contributed by atoms with van der Waals surface area (Å²) in [6.07, 6.45) is 4.68. The number of anilines is 2. The van der Waals surface area contributed by atoms with E-state index >= 15 is 0 Å². The number of benzene rings is 1. The van der Waals surface area contributed by atoms with Crippen LogP contribution in [-0.4, -0.2) is 17.4 Å². The number of nitrogens with zero attached hydrogens (tertiary/aromatic N) is 2. The lowest BCUT2D eigenvalue weighted by atomic mass is 10.2. The molecule has 1 saturated heterocycles. The van der Waals surface area contributed by atoms with Gasteiger partial charge in [0.25, 0.3) is 0 Å². The molecule has 0 radical (unpaired) electrons. The van der Waals surface area contributed by atoms with Crippen molar-refractivity contribution in [3.05, 3.63) is 42.6 Å². The van der Waals surface area contributed by atoms with Crippen LogP contribution in [0.5, 0.6) is 0 Å². The fourth-order valence-electron chi connectivity index (χ4n) is 2.22. The Labute approximate surface area is 111 Å². The Hall–Kier alpha value is -2.30. The maximum absolute atomic E-state index is 11.7. The SMILES string of the molecule is O=C1CCCN1c1cccc(NCc2cnco2)c1. The molecule has 0 atom stereocenters. The highest BCUT2D eigenvalue weighted by molar-refractivity contribution is 5.95. The summed E-state index contributed by atoms with van der Waals surface area (Å²) in [5.74, 6) is 0.982. The molecule has 19 heavy (non-hydrogen) atoms. The number of nitrogens with one attached hydrogen (secondary N) is 1. The van der Waals surface area contributed by atoms with Crippen LogP contribution in [0, 0.1) is 0 Å². The van der Waals surface area contributed by atoms with Crippen molar-refractivity contribution in [2.24, 2.45) is 0 Å². The molecule has 1 aliphatic heterocycles. The number of hydrogen-bond donors (Lipinski definition) is 1. The molecule has 1 fully saturated rings. The zero-order valence-corrected chi connectivity index (χ0v) is 10.5. The lowest BCUT2D eigenvalue weighted by molar-refractivity contribution is -0.117. The van der Waals surface area contributed by atoms with E-state index < -0.39 is 0 Å². The predicted molar refractivity (Wildman–Crippen MR) is 71.9 cm³/mol. The van der Waals surface area contributed by atoms with Gasteiger partial charge in [-0.25, -0.2) is 4.98 Å². The summed E-state index contributed by atoms with van der Waals surface area (Å²) in [6.45, 7) is 1.39. The van der Waals surface area contributed by atoms with Crippen LogP contribution in [0.15, 0.2) is 41.3 Å². The van der Waals surface area contributed by atoms with Gasteiger partial charge in [-0.2, -0.15) is 0 Å². The first kappa shape index (κ1) is 11.8. The molecule has 1 amide bonds. The molecule has 5 heteroatoms. The normalized spacial score (nSPS) is 14.9. The zero-order chi connectivity index (χ0) is 13.1. The van der Waals surface area contributed by atoms with Gasteiger partial charge in [0.15, 0.2) is 6.39 Å². The molecule has 1 N–H and O–H groups in total. The summed E-state index contributed by atoms with van der Waals surface area (Å²) < 4.78 is 5.16. The van der Waals surface area contributed by atoms with Gasteiger partial charge in [-0.3, -0.25) is 4.79 Å². The highest BCUT2D eigenvalue weighted by Crippen LogP contribution is 2.24. The van der Waals surface area contributed by atoms with Crippen molar-refractivity contribution in [2.75, 3.05) is 16.8 Å². The van der Waals surface area contributed by atoms with Crippen molar-refractivity contribution < 1.29 is 9.21 Å². The molecule has 1 aromatic heterocycles. The largest absolute Gasteiger partial charge is 0.447 e. The minimum absolute atomic E-state index is 0.201. The first-order valence-electron chi connectivity index (χ1n) is 6.34. The molecule has 0 bridgehead atoms. The van der Waals surface area contributed by atoms with E-state index in [4.69, 9.17) is 4.42 Å². The number of carbonyl (C=O) groups excluding carboxylic acids is 1. The molecule has 98 valence electrons. The first-order chi connectivity index (χ1) is 9.33. The Morgan fingerprint density at radius 2 is 2.37 bits per heavy atom. The maximum Gasteiger partial charge on any atom is 0.227 e. The molecule has 2 heterocycles. The molecule has 0 unspecified atom stereocenters. The van der Waals surface area contributed by atoms with E-state index in [0.717, 1.165) is 30.1 Å². The molecule has 1 aliphatic rings. The van der Waals surface area contributed by atoms with Gasteiger partial charge in [0.05, 0.1) is 12.7 Å². The van der Waals surface area contributed by atoms with E-state index in [9.17, 15) is 4.79 Å². The molecular weight excluding hydrogens is 242 g/mol. The van der Waals surface area contributed by atoms with Crippen molar-refractivity contribution >= 4 is 17.3 Å². The van der Waals surface area contributed by atoms with Crippen LogP contribution in [0.2, 0.25) is 0 Å². The number of oxazole rings is 1. The smallest absolute Gasteiger partial charge is 0.227 e. The van der Waals surface area contributed by atoms with Gasteiger partial charge in [0, 0.05) is 24.3 Å². The second kappa shape index (κ2) is 5.14. The third-order valence-corrected chi connectivity index (χ3v) is 3.18. The van der Waals surface area contributed by atoms with Crippen LogP contribution in [-0.2, 0) is 11.3 Å². The number of carbonyl (C=O) groups is 1. The van der Waals surface area contributed by atoms with Crippen LogP contribution in [0.4, 0.5) is 11.4 Å². The lowest BCUT2D eigenvalue weighted by Gasteiger charge is -2.16. The van der Waals surface area contributed by atoms with Gasteiger partial charge in [-0.1, -0.05) is 6.07 Å². The Bertz CT molecular complexity index is 566. The Morgan fingerprint density at radius 1 is 1.42 bits per heavy atom. The highest BCUT2D eigenvalue weighted by Gasteiger charge is 2.21. The number of aromatic nitrogens is 1. The van der Waals surface area contributed by atoms with Crippen molar-refractivity contribution in [1.82, 2.24) is 4.98 Å². The first-order valence-corrected chi connectivity index (χ1v) is 6.34. The molecule has 2 aromatic rings. The van der Waals surface area contributed by atoms with Crippen LogP contribution >= 0.6 is 0 Å². The molecule has 0 aliphatic carbocycles. The summed E-state index contributed by atoms with van der Waals surface area (Å²) >= 11 is 0. The fourth-order valence-corrected chi connectivity index (χ4v) is 2.22. The predicted octanol–water partition coefficient (Wildman–Crippen LogP) is 2.41. The number of rotatable bonds is 4. The highest BCUT2D eigenvalue weighted by atomic mass is 16.3. The summed E-state index contributed by atoms with van der Waals surface area (Å²) in [4.78, 5) is 17.4. The molecule has 5 nitrogen and oxygen atoms in total. The Balaban J connectivity index is 1.71. The average Bonchev–Trinajstić information content (AvgIpc) is 3.08. The fraction of sp³-hybridized carbons (Fsp3) is 0.286. The Morgan fingerprint density at radius 3 is 3.11 bits per heavy atom. The average molecular weight is 257 g/mol. The van der Waals surface area contributed by atoms with Gasteiger partial charge in [0.1, 0.15) is 5.76 Å². The standard InChI is InChI=1S/C14H15N3O2/c18-14-5-2-6-17(14)12-4-1-3-11(7-12)16-9-13-8-15-10-19-13/h1,3-4,7-8,10,16H,2,5-6,9H2. The quantitative estimate of drug-likeness (QED) is 0.913. The summed E-state index contributed by atoms with van der Waals surface area (Å²) in [5.41, 5.74) is 1.92. The molecule has 0 spiro atoms. The van der Waals surface area contributed by atoms with E-state index in [1.807, 2.05) is 29.2 Å². The summed E-state index contributed by atoms with van der Waals surface area (Å²) in [7, 11) is 0. The van der Waals surface area contributed by atoms with Crippen LogP contribution < -0.4 is 10.2 Å². The minimum atomic E-state index is 0.201. The van der Waals surface area contributed by atoms with Crippen molar-refractivity contribution in [2.45, 2.75) is 19.4 Å². The van der Waals surface area contributed by atoms with E-state index in [1.165, 1.54) is 6.39 Å². The third kappa shape index (κ3) is 2.59. The number of amides is 1. The van der Waals surface area contributed by atoms with Crippen LogP contribution in [0.3, 0.4) is 0 Å². The number of hydrogen-bond acceptors (Lipinski definition) is 4. The second-order valence-electron chi connectivity index (χ2n) is 4.52. The molecular formula is C14H15N3O2. The van der Waals surface area contributed by atoms with Gasteiger partial charge >= 0.3 is 0 Å². The monoisotopic (exact) mass is 257 g/mol. The van der Waals surface area contributed by atoms with Gasteiger partial charge in [0.2, 0.25) is 5.91 Å². The Kier molecular flexibility index (Phi) is 3.18. The lowest BCUT2D eigenvalue weighted by Crippen LogP contribution is -2.23. The van der Waals surface area contributed by atoms with Gasteiger partial charge in [-0.05, 0) is 24.6 Å². The maximum atomic E-state index is 11.7. The minimum Gasteiger partial charge on any atom is -0.447 e. The van der Waals surface area contributed by atoms with Crippen molar-refractivity contribution in [3.63, 3.8) is 0 Å². The summed E-state index contributed by atoms with van der Waals surface area (Å²) in [6, 6.07) is 7.87. The van der Waals surface area contributed by atoms with Gasteiger partial charge in [-0.15, -0.1) is 0 Å². The van der Waals surface area contributed by atoms with Crippen molar-refractivity contribution in [1.29, 1.82) is 0 Å². The van der Waals surface area contributed by atoms with Crippen molar-refractivity contribution in [3.8, 4) is 0 Å². The van der Waals surface area contributed by atoms with E-state index in [0.29, 0.717) is 13.0 Å². The van der Waals surface area contributed by atoms with Crippen LogP contribution in [0.1, 0.15) is 18.6 Å². The van der Waals surface area contributed by atoms with E-state index in [-0.39, 0.29) is 5.91 Å². The molecule has 3 rings (SSSR count). The van der Waals surface area contributed by atoms with Gasteiger partial charge < -0.3 is 14.6 Å². The van der Waals surface area contributed by atoms with E-state index in [1.54, 1.807) is 6.20 Å². The third-order valence-electron chi connectivity index (χ3n) is 3.18. The molecule has 0 saturated carbocycles.